The molecular formula is C15H22INO5S. The van der Waals surface area contributed by atoms with Crippen LogP contribution in [0.3, 0.4) is 0 Å². The Morgan fingerprint density at radius 2 is 2.43 bits per heavy atom. The molecule has 0 aliphatic carbocycles. The summed E-state index contributed by atoms with van der Waals surface area (Å²) < 4.78 is 11.1. The van der Waals surface area contributed by atoms with E-state index in [0.717, 1.165) is 21.5 Å². The van der Waals surface area contributed by atoms with Gasteiger partial charge in [-0.05, 0) is 23.8 Å². The highest BCUT2D eigenvalue weighted by Gasteiger charge is 2.35. The minimum absolute atomic E-state index is 0.00204. The van der Waals surface area contributed by atoms with Gasteiger partial charge in [0.2, 0.25) is 0 Å². The largest absolute Gasteiger partial charge is 0.465 e. The topological polar surface area (TPSA) is 84.9 Å². The number of rotatable bonds is 8. The molecule has 130 valence electrons. The van der Waals surface area contributed by atoms with Gasteiger partial charge in [-0.3, -0.25) is 4.79 Å². The summed E-state index contributed by atoms with van der Waals surface area (Å²) in [5.41, 5.74) is -0.369. The molecule has 0 aromatic heterocycles. The lowest BCUT2D eigenvalue weighted by atomic mass is 9.96. The molecule has 0 aromatic rings. The Kier molecular flexibility index (Phi) is 7.02. The van der Waals surface area contributed by atoms with Crippen LogP contribution in [0.15, 0.2) is 11.0 Å². The lowest BCUT2D eigenvalue weighted by Crippen LogP contribution is -2.34. The van der Waals surface area contributed by atoms with E-state index >= 15 is 0 Å². The van der Waals surface area contributed by atoms with Gasteiger partial charge in [-0.25, -0.2) is 4.79 Å². The number of thioether (sulfide) groups is 1. The average Bonchev–Trinajstić information content (AvgIpc) is 2.92. The van der Waals surface area contributed by atoms with Gasteiger partial charge in [0, 0.05) is 22.0 Å². The first-order valence-electron chi connectivity index (χ1n) is 7.59. The van der Waals surface area contributed by atoms with Crippen LogP contribution in [0.4, 0.5) is 4.79 Å². The molecule has 0 saturated carbocycles. The summed E-state index contributed by atoms with van der Waals surface area (Å²) in [6, 6.07) is 0.0608. The van der Waals surface area contributed by atoms with E-state index in [4.69, 9.17) is 9.47 Å². The molecule has 2 aliphatic heterocycles. The molecule has 0 radical (unpaired) electrons. The molecule has 2 rings (SSSR count). The van der Waals surface area contributed by atoms with Crippen molar-refractivity contribution in [2.75, 3.05) is 23.4 Å². The fourth-order valence-corrected chi connectivity index (χ4v) is 3.85. The van der Waals surface area contributed by atoms with Crippen LogP contribution in [0.5, 0.6) is 0 Å². The number of alkyl halides is 1. The van der Waals surface area contributed by atoms with Gasteiger partial charge >= 0.3 is 12.1 Å². The zero-order valence-electron chi connectivity index (χ0n) is 13.0. The quantitative estimate of drug-likeness (QED) is 0.332. The number of alkyl carbamates (subject to hydrolysis) is 1. The number of aliphatic hydroxyl groups excluding tert-OH is 1. The number of esters is 1. The summed E-state index contributed by atoms with van der Waals surface area (Å²) in [4.78, 5) is 24.1. The van der Waals surface area contributed by atoms with Crippen LogP contribution in [0.25, 0.3) is 0 Å². The second-order valence-electron chi connectivity index (χ2n) is 6.18. The van der Waals surface area contributed by atoms with Crippen molar-refractivity contribution in [2.24, 2.45) is 5.41 Å². The third kappa shape index (κ3) is 5.53. The van der Waals surface area contributed by atoms with Crippen molar-refractivity contribution in [1.29, 1.82) is 0 Å². The number of nitrogens with one attached hydrogen (secondary N) is 1. The van der Waals surface area contributed by atoms with E-state index in [1.165, 1.54) is 0 Å². The van der Waals surface area contributed by atoms with Gasteiger partial charge < -0.3 is 19.9 Å². The summed E-state index contributed by atoms with van der Waals surface area (Å²) in [7, 11) is 0. The van der Waals surface area contributed by atoms with Gasteiger partial charge in [0.05, 0.1) is 19.3 Å². The number of carbonyl (C=O) groups excluding carboxylic acids is 2. The Bertz CT molecular complexity index is 480. The van der Waals surface area contributed by atoms with Crippen LogP contribution in [0, 0.1) is 5.41 Å². The van der Waals surface area contributed by atoms with E-state index in [2.05, 4.69) is 27.9 Å². The number of hydrogen-bond acceptors (Lipinski definition) is 6. The molecule has 2 heterocycles. The van der Waals surface area contributed by atoms with Crippen LogP contribution in [0.2, 0.25) is 0 Å². The van der Waals surface area contributed by atoms with Crippen molar-refractivity contribution in [2.45, 2.75) is 38.3 Å². The van der Waals surface area contributed by atoms with E-state index in [-0.39, 0.29) is 42.8 Å². The maximum Gasteiger partial charge on any atom is 0.408 e. The van der Waals surface area contributed by atoms with Gasteiger partial charge in [0.15, 0.2) is 0 Å². The second-order valence-corrected chi connectivity index (χ2v) is 8.09. The summed E-state index contributed by atoms with van der Waals surface area (Å²) in [6.07, 6.45) is 3.28. The van der Waals surface area contributed by atoms with Crippen molar-refractivity contribution in [3.8, 4) is 0 Å². The first kappa shape index (κ1) is 18.9. The van der Waals surface area contributed by atoms with E-state index in [0.29, 0.717) is 12.8 Å². The molecule has 2 N–H and O–H groups in total. The van der Waals surface area contributed by atoms with Gasteiger partial charge in [-0.1, -0.05) is 29.5 Å². The van der Waals surface area contributed by atoms with Crippen molar-refractivity contribution in [1.82, 2.24) is 5.32 Å². The predicted octanol–water partition coefficient (Wildman–Crippen LogP) is 2.24. The van der Waals surface area contributed by atoms with E-state index in [1.807, 2.05) is 13.0 Å². The fourth-order valence-electron chi connectivity index (χ4n) is 2.20. The minimum Gasteiger partial charge on any atom is -0.465 e. The smallest absolute Gasteiger partial charge is 0.408 e. The molecule has 1 fully saturated rings. The molecule has 1 amide bonds. The maximum absolute atomic E-state index is 11.8. The lowest BCUT2D eigenvalue weighted by molar-refractivity contribution is -0.147. The Morgan fingerprint density at radius 3 is 3.13 bits per heavy atom. The number of carbonyl (C=O) groups is 2. The van der Waals surface area contributed by atoms with Crippen molar-refractivity contribution in [3.05, 3.63) is 11.0 Å². The normalized spacial score (nSPS) is 25.7. The van der Waals surface area contributed by atoms with Gasteiger partial charge in [-0.15, -0.1) is 11.8 Å². The molecule has 3 atom stereocenters. The Balaban J connectivity index is 1.68. The molecule has 6 nitrogen and oxygen atoms in total. The van der Waals surface area contributed by atoms with Crippen molar-refractivity contribution >= 4 is 46.4 Å². The molecule has 2 aliphatic rings. The maximum atomic E-state index is 11.8. The number of amides is 1. The van der Waals surface area contributed by atoms with E-state index < -0.39 is 0 Å². The highest BCUT2D eigenvalue weighted by Crippen LogP contribution is 2.31. The summed E-state index contributed by atoms with van der Waals surface area (Å²) in [5.74, 6) is 0.569. The van der Waals surface area contributed by atoms with Gasteiger partial charge in [-0.2, -0.15) is 0 Å². The highest BCUT2D eigenvalue weighted by atomic mass is 127. The summed E-state index contributed by atoms with van der Waals surface area (Å²) >= 11 is 3.88. The molecule has 1 unspecified atom stereocenters. The molecular weight excluding hydrogens is 433 g/mol. The van der Waals surface area contributed by atoms with Crippen LogP contribution >= 0.6 is 34.4 Å². The molecule has 0 aromatic carbocycles. The van der Waals surface area contributed by atoms with Crippen LogP contribution < -0.4 is 5.32 Å². The SMILES string of the molecule is CC(CO)(CI)COC(=O)CCCC1=C[C@H]2OC(=O)N[C@H]2CS1. The third-order valence-corrected chi connectivity index (χ3v) is 6.91. The third-order valence-electron chi connectivity index (χ3n) is 3.83. The molecule has 1 saturated heterocycles. The number of aliphatic hydroxyl groups is 1. The Labute approximate surface area is 153 Å². The highest BCUT2D eigenvalue weighted by molar-refractivity contribution is 14.1. The number of halogens is 1. The summed E-state index contributed by atoms with van der Waals surface area (Å²) in [6.45, 7) is 2.14. The fraction of sp³-hybridized carbons (Fsp3) is 0.733. The summed E-state index contributed by atoms with van der Waals surface area (Å²) in [5, 5.41) is 12.1. The first-order valence-corrected chi connectivity index (χ1v) is 10.1. The lowest BCUT2D eigenvalue weighted by Gasteiger charge is -2.24. The number of hydrogen-bond donors (Lipinski definition) is 2. The minimum atomic E-state index is -0.369. The predicted molar refractivity (Wildman–Crippen MR) is 96.6 cm³/mol. The zero-order valence-corrected chi connectivity index (χ0v) is 16.0. The van der Waals surface area contributed by atoms with Crippen LogP contribution in [-0.2, 0) is 14.3 Å². The Hall–Kier alpha value is -0.480. The zero-order chi connectivity index (χ0) is 16.9. The number of allylic oxidation sites excluding steroid dienone is 1. The first-order chi connectivity index (χ1) is 11.0. The van der Waals surface area contributed by atoms with E-state index in [9.17, 15) is 14.7 Å². The number of ether oxygens (including phenoxy) is 2. The molecule has 23 heavy (non-hydrogen) atoms. The van der Waals surface area contributed by atoms with Gasteiger partial charge in [0.25, 0.3) is 0 Å². The standard InChI is InChI=1S/C15H22INO5S/c1-15(7-16,8-18)9-21-13(19)4-2-3-10-5-12-11(6-23-10)17-14(20)22-12/h5,11-12,18H,2-4,6-9H2,1H3,(H,17,20)/t11-,12+,15?/m0/s1. The number of fused-ring (bicyclic) bond motifs is 1. The van der Waals surface area contributed by atoms with Crippen LogP contribution in [-0.4, -0.2) is 52.7 Å². The van der Waals surface area contributed by atoms with Gasteiger partial charge in [0.1, 0.15) is 6.10 Å². The molecule has 0 bridgehead atoms. The van der Waals surface area contributed by atoms with Crippen LogP contribution in [0.1, 0.15) is 26.2 Å². The Morgan fingerprint density at radius 1 is 1.65 bits per heavy atom. The second kappa shape index (κ2) is 8.57. The average molecular weight is 455 g/mol. The van der Waals surface area contributed by atoms with E-state index in [1.54, 1.807) is 11.8 Å². The van der Waals surface area contributed by atoms with Crippen molar-refractivity contribution < 1.29 is 24.2 Å². The molecule has 0 spiro atoms. The monoisotopic (exact) mass is 455 g/mol. The van der Waals surface area contributed by atoms with Crippen molar-refractivity contribution in [3.63, 3.8) is 0 Å². The molecule has 8 heteroatoms.